The van der Waals surface area contributed by atoms with Gasteiger partial charge in [-0.05, 0) is 30.7 Å². The second-order valence-electron chi connectivity index (χ2n) is 4.63. The van der Waals surface area contributed by atoms with E-state index in [0.29, 0.717) is 5.39 Å². The Labute approximate surface area is 126 Å². The number of nitro groups is 1. The molecule has 3 aromatic rings. The standard InChI is InChI=1S/C16H12N2O2S/c1-11-4-2-3-5-15(11)21-16-7-6-14(18(19)20)13-10-17-9-8-12(13)16/h2-10H,1H3. The molecule has 0 atom stereocenters. The lowest BCUT2D eigenvalue weighted by Gasteiger charge is -2.08. The first-order valence-corrected chi connectivity index (χ1v) is 7.23. The molecule has 1 aromatic heterocycles. The monoisotopic (exact) mass is 296 g/mol. The van der Waals surface area contributed by atoms with Gasteiger partial charge in [-0.3, -0.25) is 15.1 Å². The number of hydrogen-bond acceptors (Lipinski definition) is 4. The summed E-state index contributed by atoms with van der Waals surface area (Å²) in [6.07, 6.45) is 3.21. The Balaban J connectivity index is 2.14. The van der Waals surface area contributed by atoms with E-state index in [1.165, 1.54) is 5.56 Å². The van der Waals surface area contributed by atoms with Crippen molar-refractivity contribution in [3.8, 4) is 0 Å². The molecule has 0 amide bonds. The molecule has 4 nitrogen and oxygen atoms in total. The number of nitrogens with zero attached hydrogens (tertiary/aromatic N) is 2. The molecule has 3 rings (SSSR count). The van der Waals surface area contributed by atoms with E-state index in [-0.39, 0.29) is 10.6 Å². The minimum atomic E-state index is -0.369. The van der Waals surface area contributed by atoms with E-state index in [0.717, 1.165) is 15.2 Å². The Kier molecular flexibility index (Phi) is 3.58. The van der Waals surface area contributed by atoms with Crippen molar-refractivity contribution in [2.75, 3.05) is 0 Å². The fourth-order valence-electron chi connectivity index (χ4n) is 2.19. The topological polar surface area (TPSA) is 56.0 Å². The van der Waals surface area contributed by atoms with E-state index in [1.807, 2.05) is 18.2 Å². The normalized spacial score (nSPS) is 10.7. The average Bonchev–Trinajstić information content (AvgIpc) is 2.49. The van der Waals surface area contributed by atoms with Crippen LogP contribution in [0.1, 0.15) is 5.56 Å². The first kappa shape index (κ1) is 13.6. The first-order valence-electron chi connectivity index (χ1n) is 6.41. The first-order chi connectivity index (χ1) is 10.2. The van der Waals surface area contributed by atoms with Gasteiger partial charge in [0.25, 0.3) is 5.69 Å². The van der Waals surface area contributed by atoms with Crippen molar-refractivity contribution in [2.24, 2.45) is 0 Å². The molecule has 5 heteroatoms. The molecule has 0 aliphatic rings. The maximum Gasteiger partial charge on any atom is 0.278 e. The van der Waals surface area contributed by atoms with Crippen LogP contribution in [-0.4, -0.2) is 9.91 Å². The molecule has 1 heterocycles. The number of benzene rings is 2. The summed E-state index contributed by atoms with van der Waals surface area (Å²) in [7, 11) is 0. The minimum Gasteiger partial charge on any atom is -0.264 e. The molecule has 0 bridgehead atoms. The molecular weight excluding hydrogens is 284 g/mol. The van der Waals surface area contributed by atoms with Gasteiger partial charge >= 0.3 is 0 Å². The SMILES string of the molecule is Cc1ccccc1Sc1ccc([N+](=O)[O-])c2cnccc12. The van der Waals surface area contributed by atoms with Crippen LogP contribution >= 0.6 is 11.8 Å². The van der Waals surface area contributed by atoms with Crippen molar-refractivity contribution in [2.45, 2.75) is 16.7 Å². The molecule has 0 unspecified atom stereocenters. The van der Waals surface area contributed by atoms with Crippen LogP contribution < -0.4 is 0 Å². The van der Waals surface area contributed by atoms with Gasteiger partial charge in [-0.1, -0.05) is 30.0 Å². The van der Waals surface area contributed by atoms with Crippen molar-refractivity contribution in [3.63, 3.8) is 0 Å². The third kappa shape index (κ3) is 2.60. The number of hydrogen-bond donors (Lipinski definition) is 0. The zero-order valence-corrected chi connectivity index (χ0v) is 12.1. The maximum absolute atomic E-state index is 11.1. The molecule has 2 aromatic carbocycles. The van der Waals surface area contributed by atoms with Gasteiger partial charge in [-0.15, -0.1) is 0 Å². The lowest BCUT2D eigenvalue weighted by molar-refractivity contribution is -0.383. The van der Waals surface area contributed by atoms with Crippen LogP contribution in [0.3, 0.4) is 0 Å². The van der Waals surface area contributed by atoms with Gasteiger partial charge < -0.3 is 0 Å². The molecule has 0 aliphatic heterocycles. The number of non-ortho nitro benzene ring substituents is 1. The summed E-state index contributed by atoms with van der Waals surface area (Å²) < 4.78 is 0. The van der Waals surface area contributed by atoms with E-state index >= 15 is 0 Å². The van der Waals surface area contributed by atoms with Gasteiger partial charge in [0.05, 0.1) is 10.3 Å². The maximum atomic E-state index is 11.1. The molecule has 21 heavy (non-hydrogen) atoms. The van der Waals surface area contributed by atoms with Crippen molar-refractivity contribution in [1.82, 2.24) is 4.98 Å². The average molecular weight is 296 g/mol. The van der Waals surface area contributed by atoms with Crippen LogP contribution in [0.25, 0.3) is 10.8 Å². The highest BCUT2D eigenvalue weighted by Crippen LogP contribution is 2.37. The van der Waals surface area contributed by atoms with Crippen LogP contribution in [-0.2, 0) is 0 Å². The molecule has 104 valence electrons. The molecule has 0 radical (unpaired) electrons. The van der Waals surface area contributed by atoms with Crippen LogP contribution in [0.4, 0.5) is 5.69 Å². The number of aryl methyl sites for hydroxylation is 1. The molecular formula is C16H12N2O2S. The Morgan fingerprint density at radius 3 is 2.62 bits per heavy atom. The summed E-state index contributed by atoms with van der Waals surface area (Å²) in [5, 5.41) is 12.5. The molecule has 0 spiro atoms. The summed E-state index contributed by atoms with van der Waals surface area (Å²) in [5.41, 5.74) is 1.27. The quantitative estimate of drug-likeness (QED) is 0.523. The lowest BCUT2D eigenvalue weighted by atomic mass is 10.1. The molecule has 0 N–H and O–H groups in total. The smallest absolute Gasteiger partial charge is 0.264 e. The number of nitro benzene ring substituents is 1. The Morgan fingerprint density at radius 2 is 1.86 bits per heavy atom. The molecule has 0 fully saturated rings. The van der Waals surface area contributed by atoms with Crippen LogP contribution in [0.2, 0.25) is 0 Å². The van der Waals surface area contributed by atoms with Gasteiger partial charge in [0, 0.05) is 33.6 Å². The van der Waals surface area contributed by atoms with Gasteiger partial charge in [-0.2, -0.15) is 0 Å². The van der Waals surface area contributed by atoms with Crippen molar-refractivity contribution < 1.29 is 4.92 Å². The summed E-state index contributed by atoms with van der Waals surface area (Å²) in [5.74, 6) is 0. The summed E-state index contributed by atoms with van der Waals surface area (Å²) >= 11 is 1.61. The van der Waals surface area contributed by atoms with E-state index in [2.05, 4.69) is 24.0 Å². The second kappa shape index (κ2) is 5.54. The van der Waals surface area contributed by atoms with Crippen LogP contribution in [0.5, 0.6) is 0 Å². The number of aromatic nitrogens is 1. The van der Waals surface area contributed by atoms with Crippen molar-refractivity contribution in [1.29, 1.82) is 0 Å². The molecule has 0 saturated carbocycles. The summed E-state index contributed by atoms with van der Waals surface area (Å²) in [6.45, 7) is 2.05. The van der Waals surface area contributed by atoms with Crippen LogP contribution in [0, 0.1) is 17.0 Å². The summed E-state index contributed by atoms with van der Waals surface area (Å²) in [4.78, 5) is 16.9. The highest BCUT2D eigenvalue weighted by atomic mass is 32.2. The lowest BCUT2D eigenvalue weighted by Crippen LogP contribution is -1.91. The fourth-order valence-corrected chi connectivity index (χ4v) is 3.22. The number of fused-ring (bicyclic) bond motifs is 1. The fraction of sp³-hybridized carbons (Fsp3) is 0.0625. The van der Waals surface area contributed by atoms with E-state index < -0.39 is 0 Å². The Morgan fingerprint density at radius 1 is 1.05 bits per heavy atom. The predicted molar refractivity (Wildman–Crippen MR) is 83.7 cm³/mol. The second-order valence-corrected chi connectivity index (χ2v) is 5.71. The predicted octanol–water partition coefficient (Wildman–Crippen LogP) is 4.60. The van der Waals surface area contributed by atoms with Gasteiger partial charge in [0.1, 0.15) is 0 Å². The van der Waals surface area contributed by atoms with Crippen molar-refractivity contribution in [3.05, 3.63) is 70.5 Å². The Hall–Kier alpha value is -2.40. The Bertz CT molecular complexity index is 833. The van der Waals surface area contributed by atoms with Gasteiger partial charge in [-0.25, -0.2) is 0 Å². The van der Waals surface area contributed by atoms with E-state index in [1.54, 1.807) is 36.3 Å². The van der Waals surface area contributed by atoms with Gasteiger partial charge in [0.15, 0.2) is 0 Å². The number of pyridine rings is 1. The highest BCUT2D eigenvalue weighted by molar-refractivity contribution is 7.99. The zero-order chi connectivity index (χ0) is 14.8. The minimum absolute atomic E-state index is 0.0900. The highest BCUT2D eigenvalue weighted by Gasteiger charge is 2.15. The molecule has 0 saturated heterocycles. The largest absolute Gasteiger partial charge is 0.278 e. The van der Waals surface area contributed by atoms with Gasteiger partial charge in [0.2, 0.25) is 0 Å². The third-order valence-corrected chi connectivity index (χ3v) is 4.52. The van der Waals surface area contributed by atoms with E-state index in [9.17, 15) is 10.1 Å². The zero-order valence-electron chi connectivity index (χ0n) is 11.3. The number of rotatable bonds is 3. The van der Waals surface area contributed by atoms with Crippen LogP contribution in [0.15, 0.2) is 64.6 Å². The summed E-state index contributed by atoms with van der Waals surface area (Å²) in [6, 6.07) is 13.3. The molecule has 0 aliphatic carbocycles. The van der Waals surface area contributed by atoms with E-state index in [4.69, 9.17) is 0 Å². The van der Waals surface area contributed by atoms with Crippen molar-refractivity contribution >= 4 is 28.2 Å². The third-order valence-electron chi connectivity index (χ3n) is 3.27.